The number of benzene rings is 2. The second kappa shape index (κ2) is 6.33. The summed E-state index contributed by atoms with van der Waals surface area (Å²) >= 11 is 0. The molecule has 1 N–H and O–H groups in total. The van der Waals surface area contributed by atoms with Crippen LogP contribution in [0.1, 0.15) is 23.5 Å². The highest BCUT2D eigenvalue weighted by Crippen LogP contribution is 2.51. The lowest BCUT2D eigenvalue weighted by molar-refractivity contribution is 0.127. The summed E-state index contributed by atoms with van der Waals surface area (Å²) in [7, 11) is 3.32. The van der Waals surface area contributed by atoms with Gasteiger partial charge in [0.15, 0.2) is 0 Å². The molecule has 28 heavy (non-hydrogen) atoms. The van der Waals surface area contributed by atoms with Gasteiger partial charge in [0, 0.05) is 48.9 Å². The molecule has 0 unspecified atom stereocenters. The van der Waals surface area contributed by atoms with Gasteiger partial charge in [-0.3, -0.25) is 0 Å². The molecule has 2 aromatic carbocycles. The van der Waals surface area contributed by atoms with Crippen molar-refractivity contribution in [3.63, 3.8) is 0 Å². The zero-order valence-electron chi connectivity index (χ0n) is 16.1. The predicted octanol–water partition coefficient (Wildman–Crippen LogP) is 3.58. The molecule has 3 aliphatic rings. The Morgan fingerprint density at radius 1 is 1.14 bits per heavy atom. The minimum atomic E-state index is -0.816. The summed E-state index contributed by atoms with van der Waals surface area (Å²) in [4.78, 5) is 15.6. The van der Waals surface area contributed by atoms with Gasteiger partial charge < -0.3 is 24.4 Å². The van der Waals surface area contributed by atoms with Crippen molar-refractivity contribution in [1.29, 1.82) is 0 Å². The number of amides is 1. The van der Waals surface area contributed by atoms with Gasteiger partial charge in [-0.05, 0) is 53.8 Å². The number of carboxylic acid groups (broad SMARTS) is 1. The molecule has 6 heteroatoms. The lowest BCUT2D eigenvalue weighted by atomic mass is 9.86. The number of rotatable bonds is 3. The Kier molecular flexibility index (Phi) is 3.89. The van der Waals surface area contributed by atoms with Gasteiger partial charge in [0.05, 0.1) is 14.2 Å². The molecule has 3 heterocycles. The molecule has 3 aliphatic heterocycles. The highest BCUT2D eigenvalue weighted by atomic mass is 16.5. The molecule has 5 rings (SSSR count). The van der Waals surface area contributed by atoms with Gasteiger partial charge >= 0.3 is 6.09 Å². The molecule has 0 aromatic heterocycles. The summed E-state index contributed by atoms with van der Waals surface area (Å²) in [5.74, 6) is 1.79. The van der Waals surface area contributed by atoms with Crippen molar-refractivity contribution >= 4 is 11.8 Å². The largest absolute Gasteiger partial charge is 0.497 e. The number of nitrogens with zero attached hydrogens (tertiary/aromatic N) is 2. The van der Waals surface area contributed by atoms with Crippen molar-refractivity contribution in [3.8, 4) is 22.6 Å². The van der Waals surface area contributed by atoms with Crippen LogP contribution >= 0.6 is 0 Å². The highest BCUT2D eigenvalue weighted by molar-refractivity contribution is 5.80. The van der Waals surface area contributed by atoms with Crippen molar-refractivity contribution in [2.45, 2.75) is 24.8 Å². The van der Waals surface area contributed by atoms with E-state index in [2.05, 4.69) is 17.0 Å². The van der Waals surface area contributed by atoms with Gasteiger partial charge in [-0.15, -0.1) is 0 Å². The maximum Gasteiger partial charge on any atom is 0.407 e. The monoisotopic (exact) mass is 380 g/mol. The fourth-order valence-electron chi connectivity index (χ4n) is 5.21. The van der Waals surface area contributed by atoms with Crippen LogP contribution in [0.25, 0.3) is 11.1 Å². The molecule has 2 aromatic rings. The van der Waals surface area contributed by atoms with E-state index in [9.17, 15) is 9.90 Å². The van der Waals surface area contributed by atoms with Crippen molar-refractivity contribution in [3.05, 3.63) is 41.5 Å². The number of fused-ring (bicyclic) bond motifs is 3. The molecule has 146 valence electrons. The number of likely N-dealkylation sites (tertiary alicyclic amines) is 1. The third-order valence-electron chi connectivity index (χ3n) is 6.49. The van der Waals surface area contributed by atoms with E-state index in [1.807, 2.05) is 18.2 Å². The van der Waals surface area contributed by atoms with Crippen molar-refractivity contribution in [2.24, 2.45) is 0 Å². The fraction of sp³-hybridized carbons (Fsp3) is 0.409. The van der Waals surface area contributed by atoms with E-state index < -0.39 is 6.09 Å². The fourth-order valence-corrected chi connectivity index (χ4v) is 5.21. The average Bonchev–Trinajstić information content (AvgIpc) is 3.29. The summed E-state index contributed by atoms with van der Waals surface area (Å²) in [6.45, 7) is 2.22. The molecule has 1 amide bonds. The number of carbonyl (C=O) groups is 1. The zero-order chi connectivity index (χ0) is 19.4. The normalized spacial score (nSPS) is 22.1. The second-order valence-electron chi connectivity index (χ2n) is 7.77. The minimum Gasteiger partial charge on any atom is -0.497 e. The molecular formula is C22H24N2O4. The van der Waals surface area contributed by atoms with Crippen molar-refractivity contribution in [2.75, 3.05) is 38.8 Å². The lowest BCUT2D eigenvalue weighted by Crippen LogP contribution is -2.47. The van der Waals surface area contributed by atoms with E-state index in [-0.39, 0.29) is 5.92 Å². The van der Waals surface area contributed by atoms with Gasteiger partial charge in [-0.25, -0.2) is 4.79 Å². The molecule has 1 fully saturated rings. The van der Waals surface area contributed by atoms with Crippen LogP contribution in [0.15, 0.2) is 30.3 Å². The van der Waals surface area contributed by atoms with Crippen LogP contribution in [-0.2, 0) is 6.42 Å². The third kappa shape index (κ3) is 2.44. The van der Waals surface area contributed by atoms with Crippen LogP contribution in [0.3, 0.4) is 0 Å². The van der Waals surface area contributed by atoms with Crippen LogP contribution < -0.4 is 14.4 Å². The Hall–Kier alpha value is -2.89. The topological polar surface area (TPSA) is 62.2 Å². The van der Waals surface area contributed by atoms with Gasteiger partial charge in [-0.2, -0.15) is 0 Å². The maximum atomic E-state index is 11.5. The predicted molar refractivity (Wildman–Crippen MR) is 107 cm³/mol. The minimum absolute atomic E-state index is 0.239. The Labute approximate surface area is 164 Å². The number of anilines is 1. The maximum absolute atomic E-state index is 11.5. The van der Waals surface area contributed by atoms with E-state index in [1.54, 1.807) is 19.1 Å². The van der Waals surface area contributed by atoms with Crippen LogP contribution in [0, 0.1) is 0 Å². The van der Waals surface area contributed by atoms with Gasteiger partial charge in [0.2, 0.25) is 0 Å². The van der Waals surface area contributed by atoms with Gasteiger partial charge in [0.25, 0.3) is 0 Å². The van der Waals surface area contributed by atoms with E-state index in [0.29, 0.717) is 19.1 Å². The average molecular weight is 380 g/mol. The number of methoxy groups -OCH3 is 2. The summed E-state index contributed by atoms with van der Waals surface area (Å²) in [5, 5.41) is 9.47. The van der Waals surface area contributed by atoms with E-state index in [0.717, 1.165) is 42.0 Å². The van der Waals surface area contributed by atoms with Crippen LogP contribution in [-0.4, -0.2) is 56.0 Å². The summed E-state index contributed by atoms with van der Waals surface area (Å²) < 4.78 is 11.0. The molecule has 0 spiro atoms. The first-order chi connectivity index (χ1) is 13.6. The molecule has 2 atom stereocenters. The summed E-state index contributed by atoms with van der Waals surface area (Å²) in [6, 6.07) is 10.8. The molecule has 1 saturated heterocycles. The first-order valence-corrected chi connectivity index (χ1v) is 9.74. The number of hydrogen-bond acceptors (Lipinski definition) is 4. The zero-order valence-corrected chi connectivity index (χ0v) is 16.1. The van der Waals surface area contributed by atoms with E-state index in [4.69, 9.17) is 9.47 Å². The summed E-state index contributed by atoms with van der Waals surface area (Å²) in [5.41, 5.74) is 6.16. The number of piperidine rings is 1. The molecule has 0 saturated carbocycles. The van der Waals surface area contributed by atoms with Gasteiger partial charge in [-0.1, -0.05) is 0 Å². The first kappa shape index (κ1) is 17.2. The summed E-state index contributed by atoms with van der Waals surface area (Å²) in [6.07, 6.45) is 1.12. The molecular weight excluding hydrogens is 356 g/mol. The molecule has 0 radical (unpaired) electrons. The Morgan fingerprint density at radius 2 is 2.00 bits per heavy atom. The number of ether oxygens (including phenoxy) is 2. The van der Waals surface area contributed by atoms with Gasteiger partial charge in [0.1, 0.15) is 11.5 Å². The molecule has 6 nitrogen and oxygen atoms in total. The smallest absolute Gasteiger partial charge is 0.407 e. The molecule has 0 aliphatic carbocycles. The highest BCUT2D eigenvalue weighted by Gasteiger charge is 2.45. The Balaban J connectivity index is 1.60. The van der Waals surface area contributed by atoms with Crippen LogP contribution in [0.4, 0.5) is 10.5 Å². The number of hydrogen-bond donors (Lipinski definition) is 1. The van der Waals surface area contributed by atoms with Crippen LogP contribution in [0.2, 0.25) is 0 Å². The lowest BCUT2D eigenvalue weighted by Gasteiger charge is -2.37. The van der Waals surface area contributed by atoms with Crippen molar-refractivity contribution in [1.82, 2.24) is 4.90 Å². The Bertz CT molecular complexity index is 958. The van der Waals surface area contributed by atoms with Crippen LogP contribution in [0.5, 0.6) is 11.5 Å². The molecule has 0 bridgehead atoms. The van der Waals surface area contributed by atoms with E-state index in [1.165, 1.54) is 16.8 Å². The standard InChI is InChI=1S/C22H24N2O4/c1-27-15-3-4-16(20(11-15)28-2)14-9-13-5-8-24-19-6-7-23(22(25)26)12-18(19)17(10-14)21(13)24/h3-4,9-11,18-19H,5-8,12H2,1-2H3,(H,25,26)/t18-,19-/m0/s1. The second-order valence-corrected chi connectivity index (χ2v) is 7.77. The van der Waals surface area contributed by atoms with E-state index >= 15 is 0 Å². The SMILES string of the molecule is COc1ccc(-c2cc3c4c(c2)[C@@H]2CN(C(=O)O)CC[C@@H]2N4CC3)c(OC)c1. The van der Waals surface area contributed by atoms with Crippen molar-refractivity contribution < 1.29 is 19.4 Å². The third-order valence-corrected chi connectivity index (χ3v) is 6.49. The Morgan fingerprint density at radius 3 is 2.75 bits per heavy atom. The first-order valence-electron chi connectivity index (χ1n) is 9.74. The quantitative estimate of drug-likeness (QED) is 0.882.